The first-order valence-electron chi connectivity index (χ1n) is 9.71. The molecule has 12 heteroatoms. The second-order valence-corrected chi connectivity index (χ2v) is 9.53. The van der Waals surface area contributed by atoms with Crippen molar-refractivity contribution in [2.24, 2.45) is 0 Å². The molecule has 0 aromatic heterocycles. The molecular weight excluding hydrogens is 601 g/mol. The van der Waals surface area contributed by atoms with Gasteiger partial charge in [-0.05, 0) is 69.8 Å². The van der Waals surface area contributed by atoms with Gasteiger partial charge in [0.2, 0.25) is 6.79 Å². The maximum absolute atomic E-state index is 13.0. The molecule has 1 fully saturated rings. The van der Waals surface area contributed by atoms with Gasteiger partial charge in [0.05, 0.1) is 29.2 Å². The summed E-state index contributed by atoms with van der Waals surface area (Å²) in [5.74, 6) is 0.801. The summed E-state index contributed by atoms with van der Waals surface area (Å²) in [5.41, 5.74) is 1.19. The normalized spacial score (nSPS) is 15.8. The summed E-state index contributed by atoms with van der Waals surface area (Å²) in [4.78, 5) is 38.4. The van der Waals surface area contributed by atoms with Gasteiger partial charge in [0.15, 0.2) is 29.6 Å². The van der Waals surface area contributed by atoms with Gasteiger partial charge < -0.3 is 23.7 Å². The van der Waals surface area contributed by atoms with Crippen LogP contribution in [0.3, 0.4) is 0 Å². The first-order chi connectivity index (χ1) is 16.3. The molecule has 0 saturated carbocycles. The van der Waals surface area contributed by atoms with E-state index in [1.165, 1.54) is 14.2 Å². The zero-order chi connectivity index (χ0) is 24.4. The second kappa shape index (κ2) is 10.3. The molecule has 0 bridgehead atoms. The van der Waals surface area contributed by atoms with E-state index in [4.69, 9.17) is 30.5 Å². The second-order valence-electron chi connectivity index (χ2n) is 6.96. The maximum Gasteiger partial charge on any atom is 0.343 e. The summed E-state index contributed by atoms with van der Waals surface area (Å²) in [6.45, 7) is -0.184. The summed E-state index contributed by atoms with van der Waals surface area (Å²) >= 11 is 9.17. The van der Waals surface area contributed by atoms with Crippen LogP contribution in [0.25, 0.3) is 6.08 Å². The highest BCUT2D eigenvalue weighted by Gasteiger charge is 2.36. The Labute approximate surface area is 217 Å². The van der Waals surface area contributed by atoms with Crippen molar-refractivity contribution in [2.45, 2.75) is 6.54 Å². The summed E-state index contributed by atoms with van der Waals surface area (Å²) in [5, 5.41) is -0.0428. The lowest BCUT2D eigenvalue weighted by molar-refractivity contribution is -0.143. The molecule has 2 aromatic carbocycles. The minimum Gasteiger partial charge on any atom is -0.493 e. The molecule has 178 valence electrons. The number of imide groups is 1. The molecular formula is C22H17ClINO8S. The van der Waals surface area contributed by atoms with Gasteiger partial charge in [0.1, 0.15) is 0 Å². The Bertz CT molecular complexity index is 1220. The Hall–Kier alpha value is -2.64. The summed E-state index contributed by atoms with van der Waals surface area (Å²) in [7, 11) is 2.73. The maximum atomic E-state index is 13.0. The fraction of sp³-hybridized carbons (Fsp3) is 0.227. The number of thioether (sulfide) groups is 1. The Morgan fingerprint density at radius 1 is 1.21 bits per heavy atom. The molecule has 2 aliphatic rings. The third-order valence-corrected chi connectivity index (χ3v) is 6.92. The molecule has 0 spiro atoms. The Kier molecular flexibility index (Phi) is 7.43. The number of carbonyl (C=O) groups is 3. The van der Waals surface area contributed by atoms with Gasteiger partial charge >= 0.3 is 5.97 Å². The number of esters is 1. The number of amides is 2. The first-order valence-corrected chi connectivity index (χ1v) is 12.0. The molecule has 2 amide bonds. The molecule has 2 aromatic rings. The Morgan fingerprint density at radius 2 is 1.94 bits per heavy atom. The van der Waals surface area contributed by atoms with Crippen molar-refractivity contribution >= 4 is 69.1 Å². The zero-order valence-electron chi connectivity index (χ0n) is 17.9. The van der Waals surface area contributed by atoms with Crippen LogP contribution in [0.1, 0.15) is 11.1 Å². The van der Waals surface area contributed by atoms with Crippen molar-refractivity contribution in [1.29, 1.82) is 0 Å². The van der Waals surface area contributed by atoms with E-state index >= 15 is 0 Å². The lowest BCUT2D eigenvalue weighted by Gasteiger charge is -2.14. The highest BCUT2D eigenvalue weighted by Crippen LogP contribution is 2.40. The van der Waals surface area contributed by atoms with Crippen molar-refractivity contribution in [3.05, 3.63) is 48.9 Å². The van der Waals surface area contributed by atoms with Gasteiger partial charge in [-0.25, -0.2) is 4.79 Å². The van der Waals surface area contributed by atoms with Gasteiger partial charge in [-0.2, -0.15) is 0 Å². The van der Waals surface area contributed by atoms with Crippen LogP contribution in [0.5, 0.6) is 23.0 Å². The topological polar surface area (TPSA) is 101 Å². The van der Waals surface area contributed by atoms with Crippen LogP contribution in [0.4, 0.5) is 4.79 Å². The molecule has 34 heavy (non-hydrogen) atoms. The first kappa shape index (κ1) is 24.5. The van der Waals surface area contributed by atoms with Crippen LogP contribution < -0.4 is 18.9 Å². The minimum absolute atomic E-state index is 0.00135. The summed E-state index contributed by atoms with van der Waals surface area (Å²) < 4.78 is 26.8. The average molecular weight is 618 g/mol. The molecule has 0 radical (unpaired) electrons. The average Bonchev–Trinajstić information content (AvgIpc) is 3.36. The largest absolute Gasteiger partial charge is 0.493 e. The molecule has 4 rings (SSSR count). The van der Waals surface area contributed by atoms with Crippen LogP contribution in [0.2, 0.25) is 5.02 Å². The highest BCUT2D eigenvalue weighted by molar-refractivity contribution is 14.1. The van der Waals surface area contributed by atoms with Crippen LogP contribution >= 0.6 is 46.0 Å². The standard InChI is InChI=1S/C22H17ClINO8S/c1-29-17-4-11(3-14(24)20(17)31-9-19(26)30-2)5-18-21(27)25(22(28)34-18)8-12-6-15-16(7-13(12)23)33-10-32-15/h3-7H,8-10H2,1-2H3/b18-5-. The molecule has 0 atom stereocenters. The zero-order valence-corrected chi connectivity index (χ0v) is 21.6. The third-order valence-electron chi connectivity index (χ3n) is 4.86. The van der Waals surface area contributed by atoms with E-state index in [0.29, 0.717) is 42.7 Å². The Morgan fingerprint density at radius 3 is 2.65 bits per heavy atom. The number of hydrogen-bond donors (Lipinski definition) is 0. The number of halogens is 2. The number of fused-ring (bicyclic) bond motifs is 1. The SMILES string of the molecule is COC(=O)COc1c(I)cc(/C=C2\SC(=O)N(Cc3cc4c(cc3Cl)OCO4)C2=O)cc1OC. The van der Waals surface area contributed by atoms with Gasteiger partial charge in [-0.1, -0.05) is 11.6 Å². The van der Waals surface area contributed by atoms with E-state index in [1.807, 2.05) is 22.6 Å². The molecule has 2 heterocycles. The number of rotatable bonds is 7. The molecule has 0 aliphatic carbocycles. The van der Waals surface area contributed by atoms with E-state index in [-0.39, 0.29) is 24.8 Å². The van der Waals surface area contributed by atoms with E-state index in [0.717, 1.165) is 16.7 Å². The van der Waals surface area contributed by atoms with Crippen molar-refractivity contribution in [3.8, 4) is 23.0 Å². The third kappa shape index (κ3) is 5.05. The summed E-state index contributed by atoms with van der Waals surface area (Å²) in [6.07, 6.45) is 1.60. The van der Waals surface area contributed by atoms with Crippen molar-refractivity contribution in [2.75, 3.05) is 27.6 Å². The lowest BCUT2D eigenvalue weighted by atomic mass is 10.1. The fourth-order valence-corrected chi connectivity index (χ4v) is 5.02. The van der Waals surface area contributed by atoms with E-state index in [1.54, 1.807) is 30.3 Å². The number of benzene rings is 2. The molecule has 1 saturated heterocycles. The molecule has 2 aliphatic heterocycles. The predicted molar refractivity (Wildman–Crippen MR) is 132 cm³/mol. The smallest absolute Gasteiger partial charge is 0.343 e. The van der Waals surface area contributed by atoms with Crippen LogP contribution in [-0.2, 0) is 20.9 Å². The number of carbonyl (C=O) groups excluding carboxylic acids is 3. The molecule has 0 unspecified atom stereocenters. The monoisotopic (exact) mass is 617 g/mol. The lowest BCUT2D eigenvalue weighted by Crippen LogP contribution is -2.27. The van der Waals surface area contributed by atoms with E-state index in [9.17, 15) is 14.4 Å². The fourth-order valence-electron chi connectivity index (χ4n) is 3.19. The number of ether oxygens (including phenoxy) is 5. The van der Waals surface area contributed by atoms with Crippen LogP contribution in [0, 0.1) is 3.57 Å². The van der Waals surface area contributed by atoms with Crippen LogP contribution in [-0.4, -0.2) is 49.6 Å². The van der Waals surface area contributed by atoms with Gasteiger partial charge in [0.25, 0.3) is 11.1 Å². The van der Waals surface area contributed by atoms with Crippen molar-refractivity contribution < 1.29 is 38.1 Å². The minimum atomic E-state index is -0.529. The van der Waals surface area contributed by atoms with Crippen LogP contribution in [0.15, 0.2) is 29.2 Å². The van der Waals surface area contributed by atoms with E-state index < -0.39 is 17.1 Å². The predicted octanol–water partition coefficient (Wildman–Crippen LogP) is 4.47. The number of hydrogen-bond acceptors (Lipinski definition) is 9. The van der Waals surface area contributed by atoms with Crippen molar-refractivity contribution in [1.82, 2.24) is 4.90 Å². The van der Waals surface area contributed by atoms with E-state index in [2.05, 4.69) is 4.74 Å². The van der Waals surface area contributed by atoms with Gasteiger partial charge in [-0.3, -0.25) is 14.5 Å². The van der Waals surface area contributed by atoms with Crippen molar-refractivity contribution in [3.63, 3.8) is 0 Å². The molecule has 9 nitrogen and oxygen atoms in total. The number of nitrogens with zero attached hydrogens (tertiary/aromatic N) is 1. The number of methoxy groups -OCH3 is 2. The Balaban J connectivity index is 1.55. The molecule has 0 N–H and O–H groups in total. The quantitative estimate of drug-likeness (QED) is 0.253. The highest BCUT2D eigenvalue weighted by atomic mass is 127. The summed E-state index contributed by atoms with van der Waals surface area (Å²) in [6, 6.07) is 6.67. The van der Waals surface area contributed by atoms with Gasteiger partial charge in [0, 0.05) is 11.1 Å². The van der Waals surface area contributed by atoms with Gasteiger partial charge in [-0.15, -0.1) is 0 Å².